The monoisotopic (exact) mass is 383 g/mol. The molecule has 3 aliphatic rings. The maximum Gasteiger partial charge on any atom is 0.293 e. The van der Waals surface area contributed by atoms with Crippen LogP contribution in [0.15, 0.2) is 23.1 Å². The molecule has 1 aromatic carbocycles. The molecule has 3 heterocycles. The van der Waals surface area contributed by atoms with Gasteiger partial charge in [-0.25, -0.2) is 8.42 Å². The van der Waals surface area contributed by atoms with Crippen molar-refractivity contribution in [2.75, 3.05) is 44.3 Å². The average molecular weight is 383 g/mol. The lowest BCUT2D eigenvalue weighted by Crippen LogP contribution is -2.43. The molecule has 10 heteroatoms. The molecule has 0 amide bonds. The van der Waals surface area contributed by atoms with E-state index in [1.165, 1.54) is 16.4 Å². The van der Waals surface area contributed by atoms with Gasteiger partial charge in [0, 0.05) is 32.2 Å². The highest BCUT2D eigenvalue weighted by Crippen LogP contribution is 2.36. The van der Waals surface area contributed by atoms with Crippen molar-refractivity contribution in [3.63, 3.8) is 0 Å². The number of nitrogens with zero attached hydrogens (tertiary/aromatic N) is 3. The van der Waals surface area contributed by atoms with Crippen LogP contribution in [-0.2, 0) is 19.5 Å². The molecule has 0 aromatic heterocycles. The summed E-state index contributed by atoms with van der Waals surface area (Å²) in [6.45, 7) is 2.35. The molecular weight excluding hydrogens is 362 g/mol. The minimum Gasteiger partial charge on any atom is -0.379 e. The van der Waals surface area contributed by atoms with E-state index < -0.39 is 14.9 Å². The van der Waals surface area contributed by atoms with Gasteiger partial charge in [-0.3, -0.25) is 10.1 Å². The van der Waals surface area contributed by atoms with Gasteiger partial charge in [-0.05, 0) is 25.0 Å². The van der Waals surface area contributed by atoms with E-state index in [-0.39, 0.29) is 35.9 Å². The number of sulfonamides is 1. The Hall–Kier alpha value is -1.75. The SMILES string of the molecule is O=[N+]([O-])c1cc(S(=O)(=O)N2CCOCC2)ccc1N1CC2CCC(C1)O2. The van der Waals surface area contributed by atoms with Crippen LogP contribution < -0.4 is 4.90 Å². The number of benzene rings is 1. The molecule has 0 radical (unpaired) electrons. The van der Waals surface area contributed by atoms with E-state index in [1.54, 1.807) is 6.07 Å². The molecule has 0 N–H and O–H groups in total. The molecule has 26 heavy (non-hydrogen) atoms. The third-order valence-electron chi connectivity index (χ3n) is 5.14. The van der Waals surface area contributed by atoms with Gasteiger partial charge in [0.05, 0.1) is 35.2 Å². The van der Waals surface area contributed by atoms with Crippen molar-refractivity contribution < 1.29 is 22.8 Å². The van der Waals surface area contributed by atoms with Gasteiger partial charge in [0.15, 0.2) is 0 Å². The minimum atomic E-state index is -3.77. The zero-order chi connectivity index (χ0) is 18.3. The van der Waals surface area contributed by atoms with Gasteiger partial charge in [0.2, 0.25) is 10.0 Å². The van der Waals surface area contributed by atoms with Gasteiger partial charge >= 0.3 is 0 Å². The van der Waals surface area contributed by atoms with E-state index in [0.717, 1.165) is 12.8 Å². The Balaban J connectivity index is 1.66. The highest BCUT2D eigenvalue weighted by molar-refractivity contribution is 7.89. The molecule has 0 aliphatic carbocycles. The van der Waals surface area contributed by atoms with Crippen molar-refractivity contribution in [1.82, 2.24) is 4.31 Å². The smallest absolute Gasteiger partial charge is 0.293 e. The Kier molecular flexibility index (Phi) is 4.59. The van der Waals surface area contributed by atoms with E-state index >= 15 is 0 Å². The molecule has 142 valence electrons. The number of hydrogen-bond acceptors (Lipinski definition) is 7. The maximum atomic E-state index is 12.8. The number of nitro groups is 1. The van der Waals surface area contributed by atoms with Crippen molar-refractivity contribution in [3.8, 4) is 0 Å². The number of rotatable bonds is 4. The number of ether oxygens (including phenoxy) is 2. The first-order chi connectivity index (χ1) is 12.4. The van der Waals surface area contributed by atoms with Gasteiger partial charge < -0.3 is 14.4 Å². The normalized spacial score (nSPS) is 26.8. The molecule has 3 fully saturated rings. The number of anilines is 1. The van der Waals surface area contributed by atoms with Gasteiger partial charge in [-0.2, -0.15) is 4.31 Å². The molecule has 2 bridgehead atoms. The van der Waals surface area contributed by atoms with Crippen LogP contribution in [0, 0.1) is 10.1 Å². The first-order valence-electron chi connectivity index (χ1n) is 8.72. The molecule has 4 rings (SSSR count). The number of fused-ring (bicyclic) bond motifs is 2. The third-order valence-corrected chi connectivity index (χ3v) is 7.03. The molecule has 0 saturated carbocycles. The second-order valence-corrected chi connectivity index (χ2v) is 8.72. The van der Waals surface area contributed by atoms with Crippen LogP contribution in [0.3, 0.4) is 0 Å². The van der Waals surface area contributed by atoms with Gasteiger partial charge in [-0.15, -0.1) is 0 Å². The summed E-state index contributed by atoms with van der Waals surface area (Å²) in [7, 11) is -3.77. The van der Waals surface area contributed by atoms with Crippen LogP contribution in [0.5, 0.6) is 0 Å². The van der Waals surface area contributed by atoms with Crippen LogP contribution in [0.4, 0.5) is 11.4 Å². The third kappa shape index (κ3) is 3.18. The maximum absolute atomic E-state index is 12.8. The van der Waals surface area contributed by atoms with Crippen LogP contribution in [0.2, 0.25) is 0 Å². The second-order valence-electron chi connectivity index (χ2n) is 6.79. The van der Waals surface area contributed by atoms with Crippen LogP contribution in [-0.4, -0.2) is 69.2 Å². The largest absolute Gasteiger partial charge is 0.379 e. The highest BCUT2D eigenvalue weighted by atomic mass is 32.2. The Labute approximate surface area is 151 Å². The van der Waals surface area contributed by atoms with Crippen molar-refractivity contribution in [1.29, 1.82) is 0 Å². The fraction of sp³-hybridized carbons (Fsp3) is 0.625. The van der Waals surface area contributed by atoms with E-state index in [0.29, 0.717) is 32.0 Å². The first kappa shape index (κ1) is 17.7. The fourth-order valence-corrected chi connectivity index (χ4v) is 5.25. The summed E-state index contributed by atoms with van der Waals surface area (Å²) in [5, 5.41) is 11.6. The van der Waals surface area contributed by atoms with Gasteiger partial charge in [0.25, 0.3) is 5.69 Å². The Morgan fingerprint density at radius 2 is 1.77 bits per heavy atom. The molecule has 3 saturated heterocycles. The fourth-order valence-electron chi connectivity index (χ4n) is 3.82. The zero-order valence-electron chi connectivity index (χ0n) is 14.2. The molecule has 9 nitrogen and oxygen atoms in total. The molecule has 0 spiro atoms. The van der Waals surface area contributed by atoms with Gasteiger partial charge in [0.1, 0.15) is 5.69 Å². The van der Waals surface area contributed by atoms with Crippen molar-refractivity contribution in [2.24, 2.45) is 0 Å². The average Bonchev–Trinajstić information content (AvgIpc) is 2.99. The van der Waals surface area contributed by atoms with Crippen molar-refractivity contribution >= 4 is 21.4 Å². The molecular formula is C16H21N3O6S. The van der Waals surface area contributed by atoms with E-state index in [2.05, 4.69) is 0 Å². The number of morpholine rings is 2. The van der Waals surface area contributed by atoms with Crippen molar-refractivity contribution in [3.05, 3.63) is 28.3 Å². The van der Waals surface area contributed by atoms with Crippen LogP contribution >= 0.6 is 0 Å². The van der Waals surface area contributed by atoms with E-state index in [9.17, 15) is 18.5 Å². The Bertz CT molecular complexity index is 796. The molecule has 2 atom stereocenters. The molecule has 2 unspecified atom stereocenters. The highest BCUT2D eigenvalue weighted by Gasteiger charge is 2.36. The summed E-state index contributed by atoms with van der Waals surface area (Å²) in [5.74, 6) is 0. The topological polar surface area (TPSA) is 102 Å². The summed E-state index contributed by atoms with van der Waals surface area (Å²) in [6.07, 6.45) is 2.09. The van der Waals surface area contributed by atoms with Crippen LogP contribution in [0.25, 0.3) is 0 Å². The van der Waals surface area contributed by atoms with E-state index in [1.807, 2.05) is 4.90 Å². The predicted molar refractivity (Wildman–Crippen MR) is 92.8 cm³/mol. The standard InChI is InChI=1S/C16H21N3O6S/c20-19(21)16-9-14(26(22,23)18-5-7-24-8-6-18)3-4-15(16)17-10-12-1-2-13(11-17)25-12/h3-4,9,12-13H,1-2,5-8,10-11H2. The lowest BCUT2D eigenvalue weighted by atomic mass is 10.2. The minimum absolute atomic E-state index is 0.0499. The molecule has 1 aromatic rings. The van der Waals surface area contributed by atoms with Crippen LogP contribution in [0.1, 0.15) is 12.8 Å². The number of hydrogen-bond donors (Lipinski definition) is 0. The summed E-state index contributed by atoms with van der Waals surface area (Å²) in [5.41, 5.74) is 0.275. The predicted octanol–water partition coefficient (Wildman–Crippen LogP) is 0.983. The summed E-state index contributed by atoms with van der Waals surface area (Å²) in [4.78, 5) is 13.0. The Morgan fingerprint density at radius 3 is 2.38 bits per heavy atom. The zero-order valence-corrected chi connectivity index (χ0v) is 15.1. The summed E-state index contributed by atoms with van der Waals surface area (Å²) in [6, 6.07) is 4.19. The first-order valence-corrected chi connectivity index (χ1v) is 10.2. The lowest BCUT2D eigenvalue weighted by molar-refractivity contribution is -0.384. The van der Waals surface area contributed by atoms with E-state index in [4.69, 9.17) is 9.47 Å². The lowest BCUT2D eigenvalue weighted by Gasteiger charge is -2.33. The van der Waals surface area contributed by atoms with Crippen molar-refractivity contribution in [2.45, 2.75) is 29.9 Å². The summed E-state index contributed by atoms with van der Waals surface area (Å²) < 4.78 is 37.8. The summed E-state index contributed by atoms with van der Waals surface area (Å²) >= 11 is 0. The quantitative estimate of drug-likeness (QED) is 0.564. The Morgan fingerprint density at radius 1 is 1.12 bits per heavy atom. The number of nitro benzene ring substituents is 1. The van der Waals surface area contributed by atoms with Gasteiger partial charge in [-0.1, -0.05) is 0 Å². The second kappa shape index (κ2) is 6.76. The molecule has 3 aliphatic heterocycles.